The van der Waals surface area contributed by atoms with Crippen LogP contribution in [-0.2, 0) is 0 Å². The first-order chi connectivity index (χ1) is 5.11. The first kappa shape index (κ1) is 9.27. The molecule has 62 valence electrons. The van der Waals surface area contributed by atoms with Crippen molar-refractivity contribution in [2.45, 2.75) is 27.7 Å². The lowest BCUT2D eigenvalue weighted by atomic mass is 10.2. The van der Waals surface area contributed by atoms with Gasteiger partial charge in [-0.2, -0.15) is 0 Å². The number of hydrogen-bond donors (Lipinski definition) is 0. The van der Waals surface area contributed by atoms with E-state index < -0.39 is 0 Å². The molecule has 0 fully saturated rings. The first-order valence-corrected chi connectivity index (χ1v) is 5.53. The molecule has 0 saturated heterocycles. The summed E-state index contributed by atoms with van der Waals surface area (Å²) in [6.07, 6.45) is 0. The molecule has 0 amide bonds. The van der Waals surface area contributed by atoms with Crippen LogP contribution in [0.4, 0.5) is 0 Å². The fourth-order valence-electron chi connectivity index (χ4n) is 0.741. The monoisotopic (exact) mass is 186 g/mol. The zero-order valence-electron chi connectivity index (χ0n) is 7.47. The molecule has 1 rings (SSSR count). The Balaban J connectivity index is 2.64. The predicted octanol–water partition coefficient (Wildman–Crippen LogP) is 4.22. The topological polar surface area (TPSA) is 0 Å². The van der Waals surface area contributed by atoms with E-state index in [1.165, 1.54) is 14.7 Å². The van der Waals surface area contributed by atoms with E-state index in [2.05, 4.69) is 33.1 Å². The van der Waals surface area contributed by atoms with Gasteiger partial charge in [-0.3, -0.25) is 0 Å². The SMILES string of the molecule is CC(C)=C1SC=C(C(C)C)S1. The summed E-state index contributed by atoms with van der Waals surface area (Å²) in [5.41, 5.74) is 1.44. The van der Waals surface area contributed by atoms with E-state index in [4.69, 9.17) is 0 Å². The van der Waals surface area contributed by atoms with Crippen LogP contribution in [0.3, 0.4) is 0 Å². The normalized spacial score (nSPS) is 17.5. The highest BCUT2D eigenvalue weighted by Crippen LogP contribution is 2.47. The maximum atomic E-state index is 2.28. The van der Waals surface area contributed by atoms with E-state index in [0.717, 1.165) is 0 Å². The third-order valence-corrected chi connectivity index (χ3v) is 4.57. The van der Waals surface area contributed by atoms with Gasteiger partial charge in [0.15, 0.2) is 0 Å². The van der Waals surface area contributed by atoms with Gasteiger partial charge < -0.3 is 0 Å². The Hall–Kier alpha value is 0.180. The quantitative estimate of drug-likeness (QED) is 0.601. The van der Waals surface area contributed by atoms with E-state index >= 15 is 0 Å². The molecule has 0 spiro atoms. The fourth-order valence-corrected chi connectivity index (χ4v) is 3.09. The second-order valence-corrected chi connectivity index (χ2v) is 5.40. The largest absolute Gasteiger partial charge is 0.0899 e. The summed E-state index contributed by atoms with van der Waals surface area (Å²) in [7, 11) is 0. The lowest BCUT2D eigenvalue weighted by Gasteiger charge is -2.03. The Morgan fingerprint density at radius 3 is 2.27 bits per heavy atom. The van der Waals surface area contributed by atoms with Crippen LogP contribution in [0.25, 0.3) is 0 Å². The van der Waals surface area contributed by atoms with Crippen LogP contribution in [0, 0.1) is 5.92 Å². The molecule has 0 N–H and O–H groups in total. The molecule has 0 aromatic rings. The van der Waals surface area contributed by atoms with Crippen molar-refractivity contribution in [1.82, 2.24) is 0 Å². The molecule has 0 aromatic heterocycles. The van der Waals surface area contributed by atoms with Crippen LogP contribution in [0.2, 0.25) is 0 Å². The molecule has 0 bridgehead atoms. The van der Waals surface area contributed by atoms with E-state index in [9.17, 15) is 0 Å². The van der Waals surface area contributed by atoms with Gasteiger partial charge >= 0.3 is 0 Å². The molecule has 2 heteroatoms. The van der Waals surface area contributed by atoms with Crippen molar-refractivity contribution in [3.8, 4) is 0 Å². The Morgan fingerprint density at radius 1 is 1.36 bits per heavy atom. The highest BCUT2D eigenvalue weighted by Gasteiger charge is 2.14. The van der Waals surface area contributed by atoms with Gasteiger partial charge in [-0.1, -0.05) is 42.9 Å². The average molecular weight is 186 g/mol. The van der Waals surface area contributed by atoms with Crippen molar-refractivity contribution in [2.75, 3.05) is 0 Å². The summed E-state index contributed by atoms with van der Waals surface area (Å²) in [6.45, 7) is 8.83. The van der Waals surface area contributed by atoms with Crippen LogP contribution in [0.5, 0.6) is 0 Å². The van der Waals surface area contributed by atoms with Gasteiger partial charge in [-0.05, 0) is 30.1 Å². The van der Waals surface area contributed by atoms with Gasteiger partial charge in [0.1, 0.15) is 0 Å². The minimum atomic E-state index is 0.685. The highest BCUT2D eigenvalue weighted by molar-refractivity contribution is 8.28. The third kappa shape index (κ3) is 2.31. The zero-order valence-corrected chi connectivity index (χ0v) is 9.10. The second kappa shape index (κ2) is 3.72. The molecular formula is C9H14S2. The second-order valence-electron chi connectivity index (χ2n) is 3.18. The van der Waals surface area contributed by atoms with E-state index in [-0.39, 0.29) is 0 Å². The van der Waals surface area contributed by atoms with Crippen LogP contribution in [0.1, 0.15) is 27.7 Å². The zero-order chi connectivity index (χ0) is 8.43. The van der Waals surface area contributed by atoms with Crippen molar-refractivity contribution in [1.29, 1.82) is 0 Å². The van der Waals surface area contributed by atoms with Crippen LogP contribution < -0.4 is 0 Å². The molecule has 0 unspecified atom stereocenters. The molecule has 1 heterocycles. The molecule has 11 heavy (non-hydrogen) atoms. The van der Waals surface area contributed by atoms with Crippen LogP contribution in [0.15, 0.2) is 20.1 Å². The smallest absolute Gasteiger partial charge is 0.0476 e. The molecular weight excluding hydrogens is 172 g/mol. The third-order valence-electron chi connectivity index (χ3n) is 1.47. The average Bonchev–Trinajstić information content (AvgIpc) is 2.33. The molecule has 1 aliphatic heterocycles. The Morgan fingerprint density at radius 2 is 2.00 bits per heavy atom. The maximum Gasteiger partial charge on any atom is 0.0476 e. The molecule has 0 aromatic carbocycles. The highest BCUT2D eigenvalue weighted by atomic mass is 32.2. The summed E-state index contributed by atoms with van der Waals surface area (Å²) in [4.78, 5) is 1.51. The van der Waals surface area contributed by atoms with Crippen molar-refractivity contribution in [3.05, 3.63) is 20.1 Å². The van der Waals surface area contributed by atoms with E-state index in [0.29, 0.717) is 5.92 Å². The Kier molecular flexibility index (Phi) is 3.14. The molecule has 1 aliphatic rings. The van der Waals surface area contributed by atoms with Gasteiger partial charge in [-0.25, -0.2) is 0 Å². The molecule has 0 aliphatic carbocycles. The minimum absolute atomic E-state index is 0.685. The van der Waals surface area contributed by atoms with E-state index in [1.807, 2.05) is 23.5 Å². The van der Waals surface area contributed by atoms with Crippen LogP contribution >= 0.6 is 23.5 Å². The molecule has 0 radical (unpaired) electrons. The lowest BCUT2D eigenvalue weighted by Crippen LogP contribution is -1.84. The number of rotatable bonds is 1. The lowest BCUT2D eigenvalue weighted by molar-refractivity contribution is 0.820. The summed E-state index contributed by atoms with van der Waals surface area (Å²) in [5.74, 6) is 0.685. The van der Waals surface area contributed by atoms with Crippen molar-refractivity contribution in [3.63, 3.8) is 0 Å². The first-order valence-electron chi connectivity index (χ1n) is 3.83. The summed E-state index contributed by atoms with van der Waals surface area (Å²) in [6, 6.07) is 0. The van der Waals surface area contributed by atoms with Crippen molar-refractivity contribution < 1.29 is 0 Å². The predicted molar refractivity (Wildman–Crippen MR) is 56.5 cm³/mol. The standard InChI is InChI=1S/C9H14S2/c1-6(2)8-5-10-9(11-8)7(3)4/h5-6H,1-4H3. The molecule has 0 atom stereocenters. The maximum absolute atomic E-state index is 2.28. The summed E-state index contributed by atoms with van der Waals surface area (Å²) in [5, 5.41) is 2.28. The van der Waals surface area contributed by atoms with Gasteiger partial charge in [0, 0.05) is 4.24 Å². The molecule has 0 nitrogen and oxygen atoms in total. The summed E-state index contributed by atoms with van der Waals surface area (Å²) < 4.78 is 1.47. The minimum Gasteiger partial charge on any atom is -0.0899 e. The fraction of sp³-hybridized carbons (Fsp3) is 0.556. The summed E-state index contributed by atoms with van der Waals surface area (Å²) >= 11 is 3.80. The number of hydrogen-bond acceptors (Lipinski definition) is 2. The van der Waals surface area contributed by atoms with Crippen molar-refractivity contribution >= 4 is 23.5 Å². The Labute approximate surface area is 77.5 Å². The van der Waals surface area contributed by atoms with Gasteiger partial charge in [0.25, 0.3) is 0 Å². The Bertz CT molecular complexity index is 208. The van der Waals surface area contributed by atoms with Gasteiger partial charge in [0.2, 0.25) is 0 Å². The van der Waals surface area contributed by atoms with E-state index in [1.54, 1.807) is 0 Å². The molecule has 0 saturated carbocycles. The number of thioether (sulfide) groups is 2. The van der Waals surface area contributed by atoms with Crippen LogP contribution in [-0.4, -0.2) is 0 Å². The number of allylic oxidation sites excluding steroid dienone is 2. The van der Waals surface area contributed by atoms with Crippen molar-refractivity contribution in [2.24, 2.45) is 5.92 Å². The van der Waals surface area contributed by atoms with Gasteiger partial charge in [-0.15, -0.1) is 0 Å². The van der Waals surface area contributed by atoms with Gasteiger partial charge in [0.05, 0.1) is 0 Å².